The Kier molecular flexibility index (Phi) is 13.5. The highest BCUT2D eigenvalue weighted by atomic mass is 35.5. The highest BCUT2D eigenvalue weighted by molar-refractivity contribution is 7.99. The summed E-state index contributed by atoms with van der Waals surface area (Å²) in [6.07, 6.45) is 6.76. The summed E-state index contributed by atoms with van der Waals surface area (Å²) >= 11 is 8.44. The van der Waals surface area contributed by atoms with Gasteiger partial charge in [0.15, 0.2) is 6.86 Å². The SMILES string of the molecule is C=Nc1cc(C(=C/CC)/C(F)=C\C)c(Cl)cc1NCC(CC(N)=O)c1ccc(SCC2CC2)cc1.OCF. The maximum atomic E-state index is 14.5. The normalized spacial score (nSPS) is 14.4. The number of hydrogen-bond acceptors (Lipinski definition) is 5. The second-order valence-corrected chi connectivity index (χ2v) is 10.4. The number of alkyl halides is 1. The number of aliphatic hydroxyl groups is 1. The number of carbonyl (C=O) groups is 1. The molecule has 0 saturated heterocycles. The molecule has 1 fully saturated rings. The van der Waals surface area contributed by atoms with Gasteiger partial charge in [0.25, 0.3) is 0 Å². The Morgan fingerprint density at radius 1 is 1.34 bits per heavy atom. The molecule has 1 atom stereocenters. The van der Waals surface area contributed by atoms with E-state index in [2.05, 4.69) is 41.3 Å². The van der Waals surface area contributed by atoms with Crippen LogP contribution in [-0.2, 0) is 4.79 Å². The molecule has 0 heterocycles. The van der Waals surface area contributed by atoms with Gasteiger partial charge in [-0.1, -0.05) is 42.8 Å². The van der Waals surface area contributed by atoms with E-state index in [1.165, 1.54) is 23.8 Å². The van der Waals surface area contributed by atoms with Gasteiger partial charge in [-0.2, -0.15) is 0 Å². The summed E-state index contributed by atoms with van der Waals surface area (Å²) in [5, 5.41) is 10.7. The van der Waals surface area contributed by atoms with Gasteiger partial charge in [0.2, 0.25) is 5.91 Å². The van der Waals surface area contributed by atoms with Crippen LogP contribution >= 0.6 is 23.4 Å². The minimum Gasteiger partial charge on any atom is -0.383 e. The quantitative estimate of drug-likeness (QED) is 0.132. The van der Waals surface area contributed by atoms with E-state index in [0.717, 1.165) is 17.2 Å². The van der Waals surface area contributed by atoms with E-state index in [1.54, 1.807) is 25.1 Å². The Balaban J connectivity index is 0.00000161. The van der Waals surface area contributed by atoms with E-state index in [-0.39, 0.29) is 24.1 Å². The van der Waals surface area contributed by atoms with Crippen molar-refractivity contribution in [3.8, 4) is 0 Å². The lowest BCUT2D eigenvalue weighted by Gasteiger charge is -2.20. The minimum atomic E-state index is -1.25. The maximum absolute atomic E-state index is 14.5. The lowest BCUT2D eigenvalue weighted by atomic mass is 9.95. The van der Waals surface area contributed by atoms with E-state index in [1.807, 2.05) is 18.7 Å². The number of anilines is 1. The van der Waals surface area contributed by atoms with Crippen LogP contribution in [0.2, 0.25) is 5.02 Å². The zero-order valence-corrected chi connectivity index (χ0v) is 23.4. The molecule has 1 aliphatic rings. The summed E-state index contributed by atoms with van der Waals surface area (Å²) in [5.74, 6) is 1.19. The highest BCUT2D eigenvalue weighted by Gasteiger charge is 2.21. The Morgan fingerprint density at radius 3 is 2.53 bits per heavy atom. The molecule has 9 heteroatoms. The summed E-state index contributed by atoms with van der Waals surface area (Å²) < 4.78 is 24.3. The monoisotopic (exact) mass is 563 g/mol. The molecule has 1 amide bonds. The number of nitrogens with zero attached hydrogens (tertiary/aromatic N) is 1. The van der Waals surface area contributed by atoms with Crippen LogP contribution in [-0.4, -0.2) is 36.9 Å². The van der Waals surface area contributed by atoms with Gasteiger partial charge in [0.05, 0.1) is 16.4 Å². The van der Waals surface area contributed by atoms with Gasteiger partial charge >= 0.3 is 0 Å². The number of benzene rings is 2. The number of nitrogens with two attached hydrogens (primary N) is 1. The molecule has 0 spiro atoms. The first-order valence-corrected chi connectivity index (χ1v) is 13.9. The van der Waals surface area contributed by atoms with Gasteiger partial charge < -0.3 is 16.2 Å². The molecule has 206 valence electrons. The molecule has 0 bridgehead atoms. The molecule has 38 heavy (non-hydrogen) atoms. The summed E-state index contributed by atoms with van der Waals surface area (Å²) in [6.45, 7) is 6.46. The van der Waals surface area contributed by atoms with Crippen molar-refractivity contribution in [2.24, 2.45) is 16.6 Å². The lowest BCUT2D eigenvalue weighted by Crippen LogP contribution is -2.21. The van der Waals surface area contributed by atoms with Gasteiger partial charge in [0.1, 0.15) is 5.83 Å². The highest BCUT2D eigenvalue weighted by Crippen LogP contribution is 2.39. The predicted octanol–water partition coefficient (Wildman–Crippen LogP) is 7.82. The lowest BCUT2D eigenvalue weighted by molar-refractivity contribution is -0.118. The molecule has 2 aromatic carbocycles. The molecular formula is C29H36ClF2N3O2S. The third-order valence-electron chi connectivity index (χ3n) is 5.99. The molecule has 0 aliphatic heterocycles. The van der Waals surface area contributed by atoms with E-state index in [0.29, 0.717) is 40.5 Å². The number of rotatable bonds is 13. The average molecular weight is 564 g/mol. The summed E-state index contributed by atoms with van der Waals surface area (Å²) in [5.41, 5.74) is 8.80. The minimum absolute atomic E-state index is 0.123. The topological polar surface area (TPSA) is 87.7 Å². The van der Waals surface area contributed by atoms with Crippen molar-refractivity contribution in [2.45, 2.75) is 50.3 Å². The van der Waals surface area contributed by atoms with Crippen LogP contribution in [0.15, 0.2) is 64.3 Å². The van der Waals surface area contributed by atoms with Crippen molar-refractivity contribution < 1.29 is 18.7 Å². The van der Waals surface area contributed by atoms with E-state index in [9.17, 15) is 13.6 Å². The number of halogens is 3. The Hall–Kier alpha value is -2.68. The molecule has 1 unspecified atom stereocenters. The van der Waals surface area contributed by atoms with Gasteiger partial charge in [0, 0.05) is 40.7 Å². The zero-order chi connectivity index (χ0) is 28.1. The largest absolute Gasteiger partial charge is 0.383 e. The first-order valence-electron chi connectivity index (χ1n) is 12.5. The molecular weight excluding hydrogens is 528 g/mol. The Morgan fingerprint density at radius 2 is 2.00 bits per heavy atom. The average Bonchev–Trinajstić information content (AvgIpc) is 3.73. The Labute approximate surface area is 233 Å². The second-order valence-electron chi connectivity index (χ2n) is 8.86. The second kappa shape index (κ2) is 16.3. The summed E-state index contributed by atoms with van der Waals surface area (Å²) in [7, 11) is 0. The number of allylic oxidation sites excluding steroid dienone is 4. The molecule has 4 N–H and O–H groups in total. The van der Waals surface area contributed by atoms with E-state index < -0.39 is 6.86 Å². The summed E-state index contributed by atoms with van der Waals surface area (Å²) in [6, 6.07) is 11.8. The number of nitrogens with one attached hydrogen (secondary N) is 1. The van der Waals surface area contributed by atoms with Crippen molar-refractivity contribution in [3.05, 3.63) is 70.5 Å². The third-order valence-corrected chi connectivity index (χ3v) is 7.54. The molecule has 1 saturated carbocycles. The number of thioether (sulfide) groups is 1. The van der Waals surface area contributed by atoms with Crippen molar-refractivity contribution in [3.63, 3.8) is 0 Å². The number of primary amides is 1. The first kappa shape index (κ1) is 31.5. The standard InChI is InChI=1S/C28H33ClFN3OS.CH3FO/c1-4-6-22(25(30)5-2)23-14-26(32-3)27(15-24(23)29)33-16-20(13-28(31)34)19-9-11-21(12-10-19)35-17-18-7-8-18;2-1-3/h5-6,9-12,14-15,18,20,33H,3-4,7-8,13,16-17H2,1-2H3,(H2,31,34);3H,1H2/b22-6-,25-5+;. The molecule has 0 radical (unpaired) electrons. The first-order chi connectivity index (χ1) is 18.3. The van der Waals surface area contributed by atoms with Crippen LogP contribution in [0.1, 0.15) is 56.6 Å². The van der Waals surface area contributed by atoms with Crippen molar-refractivity contribution in [2.75, 3.05) is 24.5 Å². The third kappa shape index (κ3) is 9.89. The molecule has 2 aromatic rings. The van der Waals surface area contributed by atoms with Crippen molar-refractivity contribution in [1.82, 2.24) is 0 Å². The van der Waals surface area contributed by atoms with Crippen molar-refractivity contribution >= 4 is 52.9 Å². The van der Waals surface area contributed by atoms with E-state index in [4.69, 9.17) is 22.4 Å². The molecule has 0 aromatic heterocycles. The Bertz CT molecular complexity index is 1140. The zero-order valence-electron chi connectivity index (χ0n) is 21.9. The van der Waals surface area contributed by atoms with Gasteiger partial charge in [-0.05, 0) is 68.7 Å². The van der Waals surface area contributed by atoms with Crippen LogP contribution < -0.4 is 11.1 Å². The maximum Gasteiger partial charge on any atom is 0.218 e. The number of amides is 1. The molecule has 3 rings (SSSR count). The fourth-order valence-electron chi connectivity index (χ4n) is 3.86. The van der Waals surface area contributed by atoms with Crippen LogP contribution in [0.3, 0.4) is 0 Å². The van der Waals surface area contributed by atoms with Crippen LogP contribution in [0.25, 0.3) is 5.57 Å². The fourth-order valence-corrected chi connectivity index (χ4v) is 5.21. The van der Waals surface area contributed by atoms with Gasteiger partial charge in [-0.25, -0.2) is 8.78 Å². The fraction of sp³-hybridized carbons (Fsp3) is 0.379. The van der Waals surface area contributed by atoms with Gasteiger partial charge in [-0.3, -0.25) is 9.79 Å². The van der Waals surface area contributed by atoms with Crippen molar-refractivity contribution in [1.29, 1.82) is 0 Å². The van der Waals surface area contributed by atoms with Crippen LogP contribution in [0.5, 0.6) is 0 Å². The summed E-state index contributed by atoms with van der Waals surface area (Å²) in [4.78, 5) is 17.2. The van der Waals surface area contributed by atoms with E-state index >= 15 is 0 Å². The predicted molar refractivity (Wildman–Crippen MR) is 157 cm³/mol. The van der Waals surface area contributed by atoms with Crippen LogP contribution in [0.4, 0.5) is 20.2 Å². The number of hydrogen-bond donors (Lipinski definition) is 3. The molecule has 5 nitrogen and oxygen atoms in total. The van der Waals surface area contributed by atoms with Crippen LogP contribution in [0, 0.1) is 5.92 Å². The number of carbonyl (C=O) groups excluding carboxylic acids is 1. The number of aliphatic hydroxyl groups excluding tert-OH is 1. The molecule has 1 aliphatic carbocycles. The number of aliphatic imine (C=N–C) groups is 1. The van der Waals surface area contributed by atoms with Gasteiger partial charge in [-0.15, -0.1) is 11.8 Å². The smallest absolute Gasteiger partial charge is 0.218 e.